The summed E-state index contributed by atoms with van der Waals surface area (Å²) in [4.78, 5) is 14.7. The lowest BCUT2D eigenvalue weighted by Crippen LogP contribution is -2.01. The van der Waals surface area contributed by atoms with E-state index in [0.29, 0.717) is 12.3 Å². The first kappa shape index (κ1) is 13.0. The Morgan fingerprint density at radius 2 is 2.33 bits per heavy atom. The minimum absolute atomic E-state index is 0.0482. The molecule has 1 aromatic heterocycles. The van der Waals surface area contributed by atoms with Gasteiger partial charge in [0.2, 0.25) is 0 Å². The predicted octanol–water partition coefficient (Wildman–Crippen LogP) is 3.11. The molecule has 18 heavy (non-hydrogen) atoms. The maximum atomic E-state index is 10.5. The van der Waals surface area contributed by atoms with Crippen LogP contribution in [-0.2, 0) is 17.8 Å². The number of carboxylic acids is 1. The van der Waals surface area contributed by atoms with Crippen molar-refractivity contribution in [1.29, 1.82) is 0 Å². The van der Waals surface area contributed by atoms with Gasteiger partial charge in [-0.1, -0.05) is 22.0 Å². The van der Waals surface area contributed by atoms with Gasteiger partial charge >= 0.3 is 5.97 Å². The number of aromatic nitrogens is 1. The Hall–Kier alpha value is -1.40. The van der Waals surface area contributed by atoms with E-state index >= 15 is 0 Å². The molecule has 0 spiro atoms. The summed E-state index contributed by atoms with van der Waals surface area (Å²) in [6, 6.07) is 7.53. The number of rotatable bonds is 5. The van der Waals surface area contributed by atoms with Gasteiger partial charge in [-0.15, -0.1) is 11.3 Å². The van der Waals surface area contributed by atoms with Gasteiger partial charge in [0.1, 0.15) is 17.4 Å². The lowest BCUT2D eigenvalue weighted by Gasteiger charge is -2.03. The molecule has 1 heterocycles. The maximum Gasteiger partial charge on any atom is 0.309 e. The first-order valence-electron chi connectivity index (χ1n) is 5.17. The number of halogens is 1. The second kappa shape index (κ2) is 5.97. The van der Waals surface area contributed by atoms with E-state index in [2.05, 4.69) is 20.9 Å². The van der Waals surface area contributed by atoms with E-state index < -0.39 is 5.97 Å². The number of carbonyl (C=O) groups is 1. The van der Waals surface area contributed by atoms with Crippen molar-refractivity contribution in [3.05, 3.63) is 44.8 Å². The van der Waals surface area contributed by atoms with E-state index in [4.69, 9.17) is 9.84 Å². The van der Waals surface area contributed by atoms with Crippen molar-refractivity contribution in [3.8, 4) is 5.75 Å². The van der Waals surface area contributed by atoms with Crippen molar-refractivity contribution in [2.45, 2.75) is 13.0 Å². The third kappa shape index (κ3) is 3.82. The SMILES string of the molecule is O=C(O)Cc1csc(COc2cccc(Br)c2)n1. The Balaban J connectivity index is 1.94. The van der Waals surface area contributed by atoms with Gasteiger partial charge in [-0.2, -0.15) is 0 Å². The largest absolute Gasteiger partial charge is 0.486 e. The predicted molar refractivity (Wildman–Crippen MR) is 71.9 cm³/mol. The molecule has 0 atom stereocenters. The highest BCUT2D eigenvalue weighted by atomic mass is 79.9. The van der Waals surface area contributed by atoms with Crippen molar-refractivity contribution < 1.29 is 14.6 Å². The fourth-order valence-corrected chi connectivity index (χ4v) is 2.44. The fraction of sp³-hybridized carbons (Fsp3) is 0.167. The van der Waals surface area contributed by atoms with Crippen LogP contribution in [0.3, 0.4) is 0 Å². The second-order valence-corrected chi connectivity index (χ2v) is 5.41. The van der Waals surface area contributed by atoms with Gasteiger partial charge in [-0.25, -0.2) is 4.98 Å². The minimum atomic E-state index is -0.875. The molecular weight excluding hydrogens is 318 g/mol. The average molecular weight is 328 g/mol. The van der Waals surface area contributed by atoms with Crippen molar-refractivity contribution in [2.24, 2.45) is 0 Å². The van der Waals surface area contributed by atoms with Crippen molar-refractivity contribution in [1.82, 2.24) is 4.98 Å². The molecule has 0 unspecified atom stereocenters. The van der Waals surface area contributed by atoms with Gasteiger partial charge in [-0.05, 0) is 18.2 Å². The Bertz CT molecular complexity index is 556. The van der Waals surface area contributed by atoms with Crippen LogP contribution in [0.5, 0.6) is 5.75 Å². The van der Waals surface area contributed by atoms with Gasteiger partial charge in [-0.3, -0.25) is 4.79 Å². The number of benzene rings is 1. The van der Waals surface area contributed by atoms with Crippen LogP contribution in [0.1, 0.15) is 10.7 Å². The summed E-state index contributed by atoms with van der Waals surface area (Å²) in [7, 11) is 0. The lowest BCUT2D eigenvalue weighted by molar-refractivity contribution is -0.136. The van der Waals surface area contributed by atoms with Gasteiger partial charge < -0.3 is 9.84 Å². The molecule has 0 aliphatic heterocycles. The number of hydrogen-bond donors (Lipinski definition) is 1. The van der Waals surface area contributed by atoms with Gasteiger partial charge in [0, 0.05) is 9.85 Å². The summed E-state index contributed by atoms with van der Waals surface area (Å²) in [5, 5.41) is 11.2. The highest BCUT2D eigenvalue weighted by molar-refractivity contribution is 9.10. The third-order valence-electron chi connectivity index (χ3n) is 2.09. The molecule has 0 aliphatic rings. The Labute approximate surface area is 116 Å². The summed E-state index contributed by atoms with van der Waals surface area (Å²) in [5.41, 5.74) is 0.570. The fourth-order valence-electron chi connectivity index (χ4n) is 1.35. The van der Waals surface area contributed by atoms with Crippen LogP contribution >= 0.6 is 27.3 Å². The van der Waals surface area contributed by atoms with Crippen LogP contribution in [0.2, 0.25) is 0 Å². The molecule has 4 nitrogen and oxygen atoms in total. The maximum absolute atomic E-state index is 10.5. The van der Waals surface area contributed by atoms with Crippen molar-refractivity contribution in [2.75, 3.05) is 0 Å². The minimum Gasteiger partial charge on any atom is -0.486 e. The van der Waals surface area contributed by atoms with E-state index in [1.807, 2.05) is 24.3 Å². The zero-order valence-corrected chi connectivity index (χ0v) is 11.7. The van der Waals surface area contributed by atoms with Crippen LogP contribution in [0.15, 0.2) is 34.1 Å². The number of ether oxygens (including phenoxy) is 1. The molecule has 6 heteroatoms. The molecule has 0 bridgehead atoms. The summed E-state index contributed by atoms with van der Waals surface area (Å²) in [5.74, 6) is -0.126. The number of thiazole rings is 1. The molecule has 0 radical (unpaired) electrons. The van der Waals surface area contributed by atoms with E-state index in [1.54, 1.807) is 5.38 Å². The molecule has 2 aromatic rings. The van der Waals surface area contributed by atoms with Gasteiger partial charge in [0.25, 0.3) is 0 Å². The van der Waals surface area contributed by atoms with Crippen LogP contribution in [0.4, 0.5) is 0 Å². The summed E-state index contributed by atoms with van der Waals surface area (Å²) in [6.07, 6.45) is -0.0482. The molecule has 0 saturated heterocycles. The van der Waals surface area contributed by atoms with Crippen LogP contribution < -0.4 is 4.74 Å². The molecule has 0 amide bonds. The number of carboxylic acid groups (broad SMARTS) is 1. The van der Waals surface area contributed by atoms with Crippen molar-refractivity contribution >= 4 is 33.2 Å². The summed E-state index contributed by atoms with van der Waals surface area (Å²) in [6.45, 7) is 0.348. The standard InChI is InChI=1S/C12H10BrNO3S/c13-8-2-1-3-10(4-8)17-6-11-14-9(7-18-11)5-12(15)16/h1-4,7H,5-6H2,(H,15,16). The molecule has 0 saturated carbocycles. The Morgan fingerprint density at radius 1 is 1.50 bits per heavy atom. The first-order chi connectivity index (χ1) is 8.63. The van der Waals surface area contributed by atoms with E-state index in [1.165, 1.54) is 11.3 Å². The smallest absolute Gasteiger partial charge is 0.309 e. The molecular formula is C12H10BrNO3S. The number of aliphatic carboxylic acids is 1. The van der Waals surface area contributed by atoms with E-state index in [0.717, 1.165) is 15.2 Å². The second-order valence-electron chi connectivity index (χ2n) is 3.55. The molecule has 2 rings (SSSR count). The van der Waals surface area contributed by atoms with Crippen LogP contribution in [0.25, 0.3) is 0 Å². The molecule has 94 valence electrons. The Kier molecular flexibility index (Phi) is 4.33. The van der Waals surface area contributed by atoms with Gasteiger partial charge in [0.05, 0.1) is 12.1 Å². The van der Waals surface area contributed by atoms with Gasteiger partial charge in [0.15, 0.2) is 0 Å². The normalized spacial score (nSPS) is 10.3. The third-order valence-corrected chi connectivity index (χ3v) is 3.45. The number of nitrogens with zero attached hydrogens (tertiary/aromatic N) is 1. The number of hydrogen-bond acceptors (Lipinski definition) is 4. The molecule has 1 aromatic carbocycles. The topological polar surface area (TPSA) is 59.4 Å². The zero-order valence-electron chi connectivity index (χ0n) is 9.30. The van der Waals surface area contributed by atoms with Crippen LogP contribution in [-0.4, -0.2) is 16.1 Å². The monoisotopic (exact) mass is 327 g/mol. The highest BCUT2D eigenvalue weighted by Crippen LogP contribution is 2.19. The van der Waals surface area contributed by atoms with Crippen molar-refractivity contribution in [3.63, 3.8) is 0 Å². The molecule has 0 aliphatic carbocycles. The molecule has 1 N–H and O–H groups in total. The van der Waals surface area contributed by atoms with E-state index in [9.17, 15) is 4.79 Å². The molecule has 0 fully saturated rings. The highest BCUT2D eigenvalue weighted by Gasteiger charge is 2.06. The van der Waals surface area contributed by atoms with E-state index in [-0.39, 0.29) is 6.42 Å². The summed E-state index contributed by atoms with van der Waals surface area (Å²) >= 11 is 4.77. The zero-order chi connectivity index (χ0) is 13.0. The average Bonchev–Trinajstić information content (AvgIpc) is 2.73. The Morgan fingerprint density at radius 3 is 3.06 bits per heavy atom. The first-order valence-corrected chi connectivity index (χ1v) is 6.84. The lowest BCUT2D eigenvalue weighted by atomic mass is 10.3. The van der Waals surface area contributed by atoms with Crippen LogP contribution in [0, 0.1) is 0 Å². The summed E-state index contributed by atoms with van der Waals surface area (Å²) < 4.78 is 6.51. The quantitative estimate of drug-likeness (QED) is 0.916.